The number of rotatable bonds is 2. The lowest BCUT2D eigenvalue weighted by molar-refractivity contribution is -0.137. The van der Waals surface area contributed by atoms with Gasteiger partial charge in [-0.1, -0.05) is 0 Å². The second kappa shape index (κ2) is 5.88. The van der Waals surface area contributed by atoms with Crippen molar-refractivity contribution in [1.82, 2.24) is 14.5 Å². The van der Waals surface area contributed by atoms with Crippen molar-refractivity contribution >= 4 is 17.2 Å². The number of carbonyl (C=O) groups is 1. The summed E-state index contributed by atoms with van der Waals surface area (Å²) in [5.41, 5.74) is 2.38. The topological polar surface area (TPSA) is 38.1 Å². The standard InChI is InChI=1S/C17H21N3OS/c21-17(19-7-2-1-3-8-19)13-4-5-16-18-10-15(20(16)11-13)14-6-9-22-12-14/h6,9-10,12-13H,1-5,7-8,11H2. The molecule has 0 spiro atoms. The molecule has 22 heavy (non-hydrogen) atoms. The van der Waals surface area contributed by atoms with Gasteiger partial charge < -0.3 is 9.47 Å². The number of hydrogen-bond donors (Lipinski definition) is 0. The van der Waals surface area contributed by atoms with E-state index in [9.17, 15) is 4.79 Å². The summed E-state index contributed by atoms with van der Waals surface area (Å²) in [5.74, 6) is 1.61. The van der Waals surface area contributed by atoms with Gasteiger partial charge >= 0.3 is 0 Å². The fraction of sp³-hybridized carbons (Fsp3) is 0.529. The first kappa shape index (κ1) is 14.0. The highest BCUT2D eigenvalue weighted by Crippen LogP contribution is 2.29. The zero-order valence-corrected chi connectivity index (χ0v) is 13.5. The fourth-order valence-electron chi connectivity index (χ4n) is 3.65. The summed E-state index contributed by atoms with van der Waals surface area (Å²) in [6, 6.07) is 2.13. The van der Waals surface area contributed by atoms with Gasteiger partial charge in [0.05, 0.1) is 17.8 Å². The molecule has 4 heterocycles. The average molecular weight is 315 g/mol. The van der Waals surface area contributed by atoms with Crippen molar-refractivity contribution in [1.29, 1.82) is 0 Å². The van der Waals surface area contributed by atoms with E-state index in [0.29, 0.717) is 5.91 Å². The second-order valence-corrected chi connectivity index (χ2v) is 7.08. The Kier molecular flexibility index (Phi) is 3.74. The molecule has 1 amide bonds. The van der Waals surface area contributed by atoms with Crippen LogP contribution in [0.2, 0.25) is 0 Å². The molecule has 1 saturated heterocycles. The zero-order valence-electron chi connectivity index (χ0n) is 12.7. The van der Waals surface area contributed by atoms with Crippen LogP contribution in [-0.4, -0.2) is 33.4 Å². The van der Waals surface area contributed by atoms with Gasteiger partial charge in [0.2, 0.25) is 5.91 Å². The average Bonchev–Trinajstić information content (AvgIpc) is 3.23. The van der Waals surface area contributed by atoms with E-state index in [4.69, 9.17) is 0 Å². The van der Waals surface area contributed by atoms with E-state index in [0.717, 1.165) is 56.8 Å². The third-order valence-electron chi connectivity index (χ3n) is 4.89. The van der Waals surface area contributed by atoms with E-state index in [1.807, 2.05) is 6.20 Å². The molecule has 0 aromatic carbocycles. The van der Waals surface area contributed by atoms with Crippen LogP contribution < -0.4 is 0 Å². The summed E-state index contributed by atoms with van der Waals surface area (Å²) >= 11 is 1.70. The molecule has 0 aliphatic carbocycles. The number of imidazole rings is 1. The number of aromatic nitrogens is 2. The van der Waals surface area contributed by atoms with Gasteiger partial charge in [-0.2, -0.15) is 11.3 Å². The summed E-state index contributed by atoms with van der Waals surface area (Å²) in [4.78, 5) is 19.4. The molecule has 0 N–H and O–H groups in total. The normalized spacial score (nSPS) is 21.6. The third kappa shape index (κ3) is 2.47. The largest absolute Gasteiger partial charge is 0.342 e. The summed E-state index contributed by atoms with van der Waals surface area (Å²) in [6.07, 6.45) is 7.40. The third-order valence-corrected chi connectivity index (χ3v) is 5.57. The number of thiophene rings is 1. The number of hydrogen-bond acceptors (Lipinski definition) is 3. The smallest absolute Gasteiger partial charge is 0.227 e. The van der Waals surface area contributed by atoms with Gasteiger partial charge in [-0.3, -0.25) is 4.79 Å². The first-order valence-electron chi connectivity index (χ1n) is 8.18. The van der Waals surface area contributed by atoms with E-state index in [2.05, 4.69) is 31.3 Å². The molecule has 5 heteroatoms. The van der Waals surface area contributed by atoms with Crippen molar-refractivity contribution in [3.8, 4) is 11.3 Å². The highest BCUT2D eigenvalue weighted by molar-refractivity contribution is 7.08. The highest BCUT2D eigenvalue weighted by atomic mass is 32.1. The maximum absolute atomic E-state index is 12.8. The van der Waals surface area contributed by atoms with Crippen LogP contribution in [-0.2, 0) is 17.8 Å². The van der Waals surface area contributed by atoms with Crippen LogP contribution in [0.4, 0.5) is 0 Å². The first-order chi connectivity index (χ1) is 10.8. The van der Waals surface area contributed by atoms with E-state index in [1.165, 1.54) is 12.0 Å². The fourth-order valence-corrected chi connectivity index (χ4v) is 4.30. The lowest BCUT2D eigenvalue weighted by Gasteiger charge is -2.32. The second-order valence-electron chi connectivity index (χ2n) is 6.30. The number of amides is 1. The monoisotopic (exact) mass is 315 g/mol. The molecule has 0 radical (unpaired) electrons. The maximum atomic E-state index is 12.8. The predicted octanol–water partition coefficient (Wildman–Crippen LogP) is 3.19. The molecule has 2 aromatic heterocycles. The van der Waals surface area contributed by atoms with Crippen molar-refractivity contribution < 1.29 is 4.79 Å². The van der Waals surface area contributed by atoms with Gasteiger partial charge in [-0.15, -0.1) is 0 Å². The Balaban J connectivity index is 1.55. The molecule has 2 aliphatic heterocycles. The number of carbonyl (C=O) groups excluding carboxylic acids is 1. The number of likely N-dealkylation sites (tertiary alicyclic amines) is 1. The Morgan fingerprint density at radius 1 is 1.27 bits per heavy atom. The molecular weight excluding hydrogens is 294 g/mol. The molecule has 1 unspecified atom stereocenters. The predicted molar refractivity (Wildman–Crippen MR) is 87.8 cm³/mol. The van der Waals surface area contributed by atoms with Crippen molar-refractivity contribution in [3.05, 3.63) is 28.8 Å². The molecule has 116 valence electrons. The lowest BCUT2D eigenvalue weighted by atomic mass is 9.96. The van der Waals surface area contributed by atoms with Gasteiger partial charge in [-0.25, -0.2) is 4.98 Å². The van der Waals surface area contributed by atoms with Crippen molar-refractivity contribution in [3.63, 3.8) is 0 Å². The summed E-state index contributed by atoms with van der Waals surface area (Å²) in [5, 5.41) is 4.24. The quantitative estimate of drug-likeness (QED) is 0.853. The Hall–Kier alpha value is -1.62. The molecule has 4 rings (SSSR count). The number of fused-ring (bicyclic) bond motifs is 1. The molecule has 4 nitrogen and oxygen atoms in total. The Labute approximate surface area is 134 Å². The molecule has 1 atom stereocenters. The van der Waals surface area contributed by atoms with Crippen LogP contribution in [0.5, 0.6) is 0 Å². The van der Waals surface area contributed by atoms with Crippen LogP contribution in [0.1, 0.15) is 31.5 Å². The molecule has 2 aliphatic rings. The molecule has 2 aromatic rings. The minimum atomic E-state index is 0.122. The molecule has 0 bridgehead atoms. The maximum Gasteiger partial charge on any atom is 0.227 e. The highest BCUT2D eigenvalue weighted by Gasteiger charge is 2.30. The van der Waals surface area contributed by atoms with Crippen LogP contribution in [0.15, 0.2) is 23.0 Å². The zero-order chi connectivity index (χ0) is 14.9. The van der Waals surface area contributed by atoms with Crippen molar-refractivity contribution in [2.75, 3.05) is 13.1 Å². The van der Waals surface area contributed by atoms with Gasteiger partial charge in [0.25, 0.3) is 0 Å². The summed E-state index contributed by atoms with van der Waals surface area (Å²) in [6.45, 7) is 2.68. The minimum Gasteiger partial charge on any atom is -0.342 e. The lowest BCUT2D eigenvalue weighted by Crippen LogP contribution is -2.42. The van der Waals surface area contributed by atoms with Crippen molar-refractivity contribution in [2.45, 2.75) is 38.6 Å². The Bertz CT molecular complexity index is 656. The summed E-state index contributed by atoms with van der Waals surface area (Å²) < 4.78 is 2.26. The summed E-state index contributed by atoms with van der Waals surface area (Å²) in [7, 11) is 0. The van der Waals surface area contributed by atoms with E-state index >= 15 is 0 Å². The Morgan fingerprint density at radius 3 is 2.91 bits per heavy atom. The Morgan fingerprint density at radius 2 is 2.14 bits per heavy atom. The van der Waals surface area contributed by atoms with Gasteiger partial charge in [0.15, 0.2) is 0 Å². The first-order valence-corrected chi connectivity index (χ1v) is 9.13. The van der Waals surface area contributed by atoms with Crippen LogP contribution >= 0.6 is 11.3 Å². The number of aryl methyl sites for hydroxylation is 1. The number of nitrogens with zero attached hydrogens (tertiary/aromatic N) is 3. The molecular formula is C17H21N3OS. The molecule has 0 saturated carbocycles. The van der Waals surface area contributed by atoms with Crippen LogP contribution in [0, 0.1) is 5.92 Å². The number of piperidine rings is 1. The van der Waals surface area contributed by atoms with Crippen LogP contribution in [0.25, 0.3) is 11.3 Å². The minimum absolute atomic E-state index is 0.122. The van der Waals surface area contributed by atoms with Gasteiger partial charge in [-0.05, 0) is 37.1 Å². The van der Waals surface area contributed by atoms with Gasteiger partial charge in [0, 0.05) is 37.0 Å². The van der Waals surface area contributed by atoms with E-state index in [-0.39, 0.29) is 5.92 Å². The van der Waals surface area contributed by atoms with E-state index < -0.39 is 0 Å². The van der Waals surface area contributed by atoms with E-state index in [1.54, 1.807) is 11.3 Å². The SMILES string of the molecule is O=C(C1CCc2ncc(-c3ccsc3)n2C1)N1CCCCC1. The molecule has 1 fully saturated rings. The van der Waals surface area contributed by atoms with Gasteiger partial charge in [0.1, 0.15) is 5.82 Å². The van der Waals surface area contributed by atoms with Crippen molar-refractivity contribution in [2.24, 2.45) is 5.92 Å². The van der Waals surface area contributed by atoms with Crippen LogP contribution in [0.3, 0.4) is 0 Å².